The molecule has 6 heteroatoms. The smallest absolute Gasteiger partial charge is 0.237 e. The Morgan fingerprint density at radius 3 is 2.96 bits per heavy atom. The molecular formula is C18H26N4O2. The van der Waals surface area contributed by atoms with Gasteiger partial charge in [0.05, 0.1) is 23.2 Å². The fourth-order valence-corrected chi connectivity index (χ4v) is 3.35. The summed E-state index contributed by atoms with van der Waals surface area (Å²) in [6.07, 6.45) is 1.58. The van der Waals surface area contributed by atoms with E-state index in [-0.39, 0.29) is 18.1 Å². The lowest BCUT2D eigenvalue weighted by molar-refractivity contribution is -0.122. The van der Waals surface area contributed by atoms with Crippen LogP contribution < -0.4 is 10.6 Å². The molecule has 1 aliphatic rings. The highest BCUT2D eigenvalue weighted by Gasteiger charge is 2.29. The maximum absolute atomic E-state index is 12.2. The lowest BCUT2D eigenvalue weighted by atomic mass is 10.2. The van der Waals surface area contributed by atoms with E-state index in [0.717, 1.165) is 36.2 Å². The van der Waals surface area contributed by atoms with Gasteiger partial charge in [0.15, 0.2) is 0 Å². The van der Waals surface area contributed by atoms with Crippen LogP contribution in [-0.2, 0) is 16.0 Å². The maximum atomic E-state index is 12.2. The van der Waals surface area contributed by atoms with Gasteiger partial charge in [-0.3, -0.25) is 4.79 Å². The number of hydrogen-bond acceptors (Lipinski definition) is 4. The molecule has 0 bridgehead atoms. The van der Waals surface area contributed by atoms with Crippen molar-refractivity contribution in [3.8, 4) is 0 Å². The lowest BCUT2D eigenvalue weighted by Crippen LogP contribution is -2.41. The first-order valence-corrected chi connectivity index (χ1v) is 8.60. The standard InChI is InChI=1S/C18H26N4O2/c1-12(2)22-16-7-5-4-6-14(16)21-17(22)8-9-19-18(23)15-10-13(24-3)11-20-15/h4-7,12-13,15,20H,8-11H2,1-3H3,(H,19,23)/t13-,15+/m0/s1. The highest BCUT2D eigenvalue weighted by atomic mass is 16.5. The van der Waals surface area contributed by atoms with E-state index in [1.807, 2.05) is 18.2 Å². The zero-order valence-corrected chi connectivity index (χ0v) is 14.6. The third-order valence-electron chi connectivity index (χ3n) is 4.57. The maximum Gasteiger partial charge on any atom is 0.237 e. The highest BCUT2D eigenvalue weighted by Crippen LogP contribution is 2.21. The number of carbonyl (C=O) groups excluding carboxylic acids is 1. The molecule has 1 aromatic carbocycles. The van der Waals surface area contributed by atoms with Crippen molar-refractivity contribution < 1.29 is 9.53 Å². The summed E-state index contributed by atoms with van der Waals surface area (Å²) >= 11 is 0. The number of carbonyl (C=O) groups is 1. The van der Waals surface area contributed by atoms with Gasteiger partial charge in [0.2, 0.25) is 5.91 Å². The van der Waals surface area contributed by atoms with Gasteiger partial charge >= 0.3 is 0 Å². The summed E-state index contributed by atoms with van der Waals surface area (Å²) in [6.45, 7) is 5.63. The lowest BCUT2D eigenvalue weighted by Gasteiger charge is -2.14. The second-order valence-electron chi connectivity index (χ2n) is 6.58. The first-order chi connectivity index (χ1) is 11.6. The monoisotopic (exact) mass is 330 g/mol. The first-order valence-electron chi connectivity index (χ1n) is 8.60. The summed E-state index contributed by atoms with van der Waals surface area (Å²) in [5.41, 5.74) is 2.15. The van der Waals surface area contributed by atoms with Crippen molar-refractivity contribution in [1.82, 2.24) is 20.2 Å². The van der Waals surface area contributed by atoms with Crippen molar-refractivity contribution in [2.45, 2.75) is 44.9 Å². The number of hydrogen-bond donors (Lipinski definition) is 2. The summed E-state index contributed by atoms with van der Waals surface area (Å²) in [7, 11) is 1.68. The van der Waals surface area contributed by atoms with Crippen LogP contribution in [0.15, 0.2) is 24.3 Å². The van der Waals surface area contributed by atoms with Crippen molar-refractivity contribution >= 4 is 16.9 Å². The van der Waals surface area contributed by atoms with Crippen LogP contribution in [-0.4, -0.2) is 47.8 Å². The molecule has 24 heavy (non-hydrogen) atoms. The van der Waals surface area contributed by atoms with E-state index in [0.29, 0.717) is 12.6 Å². The number of methoxy groups -OCH3 is 1. The van der Waals surface area contributed by atoms with Gasteiger partial charge in [0.25, 0.3) is 0 Å². The van der Waals surface area contributed by atoms with E-state index in [1.165, 1.54) is 0 Å². The molecule has 1 amide bonds. The zero-order chi connectivity index (χ0) is 17.1. The molecule has 3 rings (SSSR count). The first kappa shape index (κ1) is 16.9. The number of benzene rings is 1. The van der Waals surface area contributed by atoms with Crippen LogP contribution in [0.2, 0.25) is 0 Å². The Morgan fingerprint density at radius 2 is 2.25 bits per heavy atom. The number of nitrogens with one attached hydrogen (secondary N) is 2. The summed E-state index contributed by atoms with van der Waals surface area (Å²) in [5, 5.41) is 6.22. The van der Waals surface area contributed by atoms with Crippen LogP contribution in [0.4, 0.5) is 0 Å². The van der Waals surface area contributed by atoms with Crippen LogP contribution in [0, 0.1) is 0 Å². The number of rotatable bonds is 6. The quantitative estimate of drug-likeness (QED) is 0.845. The van der Waals surface area contributed by atoms with Crippen molar-refractivity contribution in [3.05, 3.63) is 30.1 Å². The SMILES string of the molecule is CO[C@@H]1CN[C@@H](C(=O)NCCc2nc3ccccc3n2C(C)C)C1. The van der Waals surface area contributed by atoms with Crippen LogP contribution >= 0.6 is 0 Å². The zero-order valence-electron chi connectivity index (χ0n) is 14.6. The summed E-state index contributed by atoms with van der Waals surface area (Å²) < 4.78 is 7.53. The molecule has 2 atom stereocenters. The molecule has 0 radical (unpaired) electrons. The molecule has 0 aliphatic carbocycles. The third-order valence-corrected chi connectivity index (χ3v) is 4.57. The van der Waals surface area contributed by atoms with Crippen LogP contribution in [0.25, 0.3) is 11.0 Å². The van der Waals surface area contributed by atoms with Gasteiger partial charge in [-0.1, -0.05) is 12.1 Å². The van der Waals surface area contributed by atoms with Crippen molar-refractivity contribution in [2.24, 2.45) is 0 Å². The van der Waals surface area contributed by atoms with Gasteiger partial charge in [0.1, 0.15) is 5.82 Å². The van der Waals surface area contributed by atoms with Gasteiger partial charge in [-0.05, 0) is 32.4 Å². The number of imidazole rings is 1. The van der Waals surface area contributed by atoms with E-state index < -0.39 is 0 Å². The molecule has 0 unspecified atom stereocenters. The molecule has 2 N–H and O–H groups in total. The van der Waals surface area contributed by atoms with Crippen molar-refractivity contribution in [1.29, 1.82) is 0 Å². The van der Waals surface area contributed by atoms with Crippen LogP contribution in [0.1, 0.15) is 32.1 Å². The van der Waals surface area contributed by atoms with Crippen molar-refractivity contribution in [3.63, 3.8) is 0 Å². The fourth-order valence-electron chi connectivity index (χ4n) is 3.35. The Labute approximate surface area is 142 Å². The summed E-state index contributed by atoms with van der Waals surface area (Å²) in [5.74, 6) is 1.06. The number of nitrogens with zero attached hydrogens (tertiary/aromatic N) is 2. The third kappa shape index (κ3) is 3.44. The van der Waals surface area contributed by atoms with Gasteiger partial charge < -0.3 is 19.9 Å². The molecular weight excluding hydrogens is 304 g/mol. The van der Waals surface area contributed by atoms with Crippen molar-refractivity contribution in [2.75, 3.05) is 20.2 Å². The Kier molecular flexibility index (Phi) is 5.16. The molecule has 1 aromatic heterocycles. The summed E-state index contributed by atoms with van der Waals surface area (Å²) in [6, 6.07) is 8.35. The minimum Gasteiger partial charge on any atom is -0.380 e. The van der Waals surface area contributed by atoms with E-state index in [2.05, 4.69) is 35.1 Å². The molecule has 6 nitrogen and oxygen atoms in total. The molecule has 1 saturated heterocycles. The Morgan fingerprint density at radius 1 is 1.46 bits per heavy atom. The average Bonchev–Trinajstić information content (AvgIpc) is 3.18. The van der Waals surface area contributed by atoms with E-state index in [9.17, 15) is 4.79 Å². The fraction of sp³-hybridized carbons (Fsp3) is 0.556. The second-order valence-corrected chi connectivity index (χ2v) is 6.58. The minimum absolute atomic E-state index is 0.0433. The molecule has 2 aromatic rings. The molecule has 130 valence electrons. The van der Waals surface area contributed by atoms with E-state index in [4.69, 9.17) is 9.72 Å². The largest absolute Gasteiger partial charge is 0.380 e. The number of para-hydroxylation sites is 2. The Balaban J connectivity index is 1.62. The Bertz CT molecular complexity index is 710. The minimum atomic E-state index is -0.154. The highest BCUT2D eigenvalue weighted by molar-refractivity contribution is 5.82. The second kappa shape index (κ2) is 7.32. The number of ether oxygens (including phenoxy) is 1. The predicted octanol–water partition coefficient (Wildman–Crippen LogP) is 1.65. The molecule has 0 saturated carbocycles. The van der Waals surface area contributed by atoms with Crippen LogP contribution in [0.5, 0.6) is 0 Å². The topological polar surface area (TPSA) is 68.2 Å². The van der Waals surface area contributed by atoms with E-state index >= 15 is 0 Å². The molecule has 1 fully saturated rings. The number of amides is 1. The van der Waals surface area contributed by atoms with Gasteiger partial charge in [0, 0.05) is 32.7 Å². The Hall–Kier alpha value is -1.92. The molecule has 1 aliphatic heterocycles. The van der Waals surface area contributed by atoms with Crippen LogP contribution in [0.3, 0.4) is 0 Å². The summed E-state index contributed by atoms with van der Waals surface area (Å²) in [4.78, 5) is 17.0. The molecule has 2 heterocycles. The predicted molar refractivity (Wildman–Crippen MR) is 94.0 cm³/mol. The number of aromatic nitrogens is 2. The van der Waals surface area contributed by atoms with Gasteiger partial charge in [-0.15, -0.1) is 0 Å². The molecule has 0 spiro atoms. The number of fused-ring (bicyclic) bond motifs is 1. The van der Waals surface area contributed by atoms with Gasteiger partial charge in [-0.2, -0.15) is 0 Å². The van der Waals surface area contributed by atoms with Gasteiger partial charge in [-0.25, -0.2) is 4.98 Å². The normalized spacial score (nSPS) is 20.8. The van der Waals surface area contributed by atoms with E-state index in [1.54, 1.807) is 7.11 Å². The average molecular weight is 330 g/mol.